The highest BCUT2D eigenvalue weighted by molar-refractivity contribution is 14.0. The molecule has 2 N–H and O–H groups in total. The third kappa shape index (κ3) is 12.9. The number of nitrogens with one attached hydrogen (secondary N) is 2. The molecule has 0 aromatic heterocycles. The van der Waals surface area contributed by atoms with E-state index in [-0.39, 0.29) is 24.0 Å². The van der Waals surface area contributed by atoms with Crippen LogP contribution >= 0.6 is 24.0 Å². The first-order valence-electron chi connectivity index (χ1n) is 9.08. The molecule has 1 rings (SSSR count). The van der Waals surface area contributed by atoms with Crippen LogP contribution in [0.25, 0.3) is 0 Å². The minimum atomic E-state index is 0. The number of rotatable bonds is 12. The minimum Gasteiger partial charge on any atom is -0.379 e. The van der Waals surface area contributed by atoms with Gasteiger partial charge in [0.15, 0.2) is 5.96 Å². The summed E-state index contributed by atoms with van der Waals surface area (Å²) in [4.78, 5) is 4.58. The predicted octanol–water partition coefficient (Wildman–Crippen LogP) is 3.33. The van der Waals surface area contributed by atoms with Crippen molar-refractivity contribution in [2.45, 2.75) is 64.9 Å². The number of guanidine groups is 1. The predicted molar refractivity (Wildman–Crippen MR) is 108 cm³/mol. The summed E-state index contributed by atoms with van der Waals surface area (Å²) in [5.41, 5.74) is 0. The molecule has 5 nitrogen and oxygen atoms in total. The van der Waals surface area contributed by atoms with Gasteiger partial charge in [-0.3, -0.25) is 4.99 Å². The largest absolute Gasteiger partial charge is 0.379 e. The molecule has 1 aliphatic heterocycles. The second-order valence-electron chi connectivity index (χ2n) is 5.81. The van der Waals surface area contributed by atoms with Gasteiger partial charge in [-0.25, -0.2) is 0 Å². The number of halogens is 1. The molecule has 1 unspecified atom stereocenters. The second kappa shape index (κ2) is 16.8. The molecular formula is C17H36IN3O2. The molecule has 0 aliphatic carbocycles. The topological polar surface area (TPSA) is 54.9 Å². The van der Waals surface area contributed by atoms with Gasteiger partial charge in [-0.15, -0.1) is 24.0 Å². The number of nitrogens with zero attached hydrogens (tertiary/aromatic N) is 1. The van der Waals surface area contributed by atoms with E-state index in [1.54, 1.807) is 0 Å². The maximum atomic E-state index is 5.65. The van der Waals surface area contributed by atoms with Crippen LogP contribution < -0.4 is 10.6 Å². The van der Waals surface area contributed by atoms with Crippen molar-refractivity contribution in [1.82, 2.24) is 10.6 Å². The number of unbranched alkanes of at least 4 members (excludes halogenated alkanes) is 3. The normalized spacial score (nSPS) is 17.8. The first kappa shape index (κ1) is 22.9. The fourth-order valence-corrected chi connectivity index (χ4v) is 2.45. The quantitative estimate of drug-likeness (QED) is 0.211. The van der Waals surface area contributed by atoms with Crippen LogP contribution in [0.5, 0.6) is 0 Å². The Balaban J connectivity index is 0.00000484. The molecular weight excluding hydrogens is 405 g/mol. The van der Waals surface area contributed by atoms with Gasteiger partial charge in [0.2, 0.25) is 0 Å². The zero-order chi connectivity index (χ0) is 15.9. The lowest BCUT2D eigenvalue weighted by Gasteiger charge is -2.11. The van der Waals surface area contributed by atoms with Gasteiger partial charge >= 0.3 is 0 Å². The average molecular weight is 441 g/mol. The maximum absolute atomic E-state index is 5.65. The molecule has 138 valence electrons. The van der Waals surface area contributed by atoms with E-state index >= 15 is 0 Å². The highest BCUT2D eigenvalue weighted by Gasteiger charge is 2.14. The average Bonchev–Trinajstić information content (AvgIpc) is 3.03. The van der Waals surface area contributed by atoms with Crippen LogP contribution in [-0.4, -0.2) is 51.5 Å². The molecule has 0 bridgehead atoms. The Morgan fingerprint density at radius 1 is 1.17 bits per heavy atom. The van der Waals surface area contributed by atoms with Gasteiger partial charge in [-0.05, 0) is 32.6 Å². The lowest BCUT2D eigenvalue weighted by atomic mass is 10.2. The standard InChI is InChI=1S/C17H35N3O2.HI/c1-3-5-6-7-11-19-17(18-4-2)20-12-9-13-21-15-16-10-8-14-22-16;/h16H,3-15H2,1-2H3,(H2,18,19,20);1H. The Bertz CT molecular complexity index is 285. The van der Waals surface area contributed by atoms with Crippen LogP contribution in [0.15, 0.2) is 4.99 Å². The van der Waals surface area contributed by atoms with E-state index < -0.39 is 0 Å². The summed E-state index contributed by atoms with van der Waals surface area (Å²) in [6.45, 7) is 9.43. The van der Waals surface area contributed by atoms with Crippen molar-refractivity contribution in [1.29, 1.82) is 0 Å². The van der Waals surface area contributed by atoms with Gasteiger partial charge in [-0.2, -0.15) is 0 Å². The van der Waals surface area contributed by atoms with Crippen LogP contribution in [0.3, 0.4) is 0 Å². The van der Waals surface area contributed by atoms with E-state index in [1.807, 2.05) is 0 Å². The number of ether oxygens (including phenoxy) is 2. The van der Waals surface area contributed by atoms with Gasteiger partial charge in [0, 0.05) is 32.8 Å². The zero-order valence-electron chi connectivity index (χ0n) is 14.9. The number of hydrogen-bond donors (Lipinski definition) is 2. The van der Waals surface area contributed by atoms with Crippen LogP contribution in [0.1, 0.15) is 58.8 Å². The summed E-state index contributed by atoms with van der Waals surface area (Å²) in [5, 5.41) is 6.68. The van der Waals surface area contributed by atoms with E-state index in [0.29, 0.717) is 6.10 Å². The van der Waals surface area contributed by atoms with Gasteiger partial charge < -0.3 is 20.1 Å². The monoisotopic (exact) mass is 441 g/mol. The molecule has 0 aromatic rings. The van der Waals surface area contributed by atoms with Crippen molar-refractivity contribution in [3.63, 3.8) is 0 Å². The van der Waals surface area contributed by atoms with Gasteiger partial charge in [0.1, 0.15) is 0 Å². The molecule has 23 heavy (non-hydrogen) atoms. The molecule has 0 spiro atoms. The third-order valence-electron chi connectivity index (χ3n) is 3.71. The van der Waals surface area contributed by atoms with E-state index in [4.69, 9.17) is 9.47 Å². The SMILES string of the molecule is CCCCCCNC(=NCCCOCC1CCCO1)NCC.I. The Morgan fingerprint density at radius 3 is 2.74 bits per heavy atom. The van der Waals surface area contributed by atoms with E-state index in [2.05, 4.69) is 29.5 Å². The molecule has 1 saturated heterocycles. The zero-order valence-corrected chi connectivity index (χ0v) is 17.3. The van der Waals surface area contributed by atoms with Crippen molar-refractivity contribution >= 4 is 29.9 Å². The Labute approximate surface area is 159 Å². The summed E-state index contributed by atoms with van der Waals surface area (Å²) in [6.07, 6.45) is 8.70. The summed E-state index contributed by atoms with van der Waals surface area (Å²) in [5.74, 6) is 0.929. The lowest BCUT2D eigenvalue weighted by molar-refractivity contribution is 0.0171. The van der Waals surface area contributed by atoms with Crippen LogP contribution in [0.4, 0.5) is 0 Å². The van der Waals surface area contributed by atoms with Gasteiger partial charge in [0.25, 0.3) is 0 Å². The Morgan fingerprint density at radius 2 is 2.04 bits per heavy atom. The smallest absolute Gasteiger partial charge is 0.191 e. The van der Waals surface area contributed by atoms with Gasteiger partial charge in [0.05, 0.1) is 12.7 Å². The lowest BCUT2D eigenvalue weighted by Crippen LogP contribution is -2.37. The number of hydrogen-bond acceptors (Lipinski definition) is 3. The maximum Gasteiger partial charge on any atom is 0.191 e. The van der Waals surface area contributed by atoms with Crippen molar-refractivity contribution in [2.75, 3.05) is 39.5 Å². The second-order valence-corrected chi connectivity index (χ2v) is 5.81. The molecule has 1 fully saturated rings. The van der Waals surface area contributed by atoms with Crippen LogP contribution in [0.2, 0.25) is 0 Å². The van der Waals surface area contributed by atoms with E-state index in [1.165, 1.54) is 32.1 Å². The van der Waals surface area contributed by atoms with Gasteiger partial charge in [-0.1, -0.05) is 26.2 Å². The number of aliphatic imine (C=N–C) groups is 1. The molecule has 0 radical (unpaired) electrons. The first-order valence-corrected chi connectivity index (χ1v) is 9.08. The van der Waals surface area contributed by atoms with Crippen molar-refractivity contribution in [3.8, 4) is 0 Å². The van der Waals surface area contributed by atoms with E-state index in [0.717, 1.165) is 58.3 Å². The summed E-state index contributed by atoms with van der Waals surface area (Å²) in [7, 11) is 0. The third-order valence-corrected chi connectivity index (χ3v) is 3.71. The summed E-state index contributed by atoms with van der Waals surface area (Å²) in [6, 6.07) is 0. The fraction of sp³-hybridized carbons (Fsp3) is 0.941. The molecule has 0 amide bonds. The Kier molecular flexibility index (Phi) is 16.7. The van der Waals surface area contributed by atoms with E-state index in [9.17, 15) is 0 Å². The minimum absolute atomic E-state index is 0. The first-order chi connectivity index (χ1) is 10.9. The van der Waals surface area contributed by atoms with Crippen molar-refractivity contribution < 1.29 is 9.47 Å². The summed E-state index contributed by atoms with van der Waals surface area (Å²) >= 11 is 0. The van der Waals surface area contributed by atoms with Crippen LogP contribution in [-0.2, 0) is 9.47 Å². The highest BCUT2D eigenvalue weighted by Crippen LogP contribution is 2.11. The van der Waals surface area contributed by atoms with Crippen molar-refractivity contribution in [3.05, 3.63) is 0 Å². The molecule has 1 atom stereocenters. The fourth-order valence-electron chi connectivity index (χ4n) is 2.45. The Hall–Kier alpha value is -0.0800. The van der Waals surface area contributed by atoms with Crippen LogP contribution in [0, 0.1) is 0 Å². The molecule has 1 heterocycles. The summed E-state index contributed by atoms with van der Waals surface area (Å²) < 4.78 is 11.2. The molecule has 0 aromatic carbocycles. The van der Waals surface area contributed by atoms with Crippen molar-refractivity contribution in [2.24, 2.45) is 4.99 Å². The highest BCUT2D eigenvalue weighted by atomic mass is 127. The molecule has 6 heteroatoms. The molecule has 1 aliphatic rings. The molecule has 0 saturated carbocycles.